The monoisotopic (exact) mass is 262 g/mol. The van der Waals surface area contributed by atoms with E-state index in [0.717, 1.165) is 19.5 Å². The van der Waals surface area contributed by atoms with Gasteiger partial charge in [-0.05, 0) is 12.5 Å². The summed E-state index contributed by atoms with van der Waals surface area (Å²) in [5.74, 6) is -0.222. The lowest BCUT2D eigenvalue weighted by Gasteiger charge is -2.25. The van der Waals surface area contributed by atoms with E-state index in [9.17, 15) is 9.59 Å². The Hall–Kier alpha value is -1.88. The molecule has 19 heavy (non-hydrogen) atoms. The van der Waals surface area contributed by atoms with E-state index in [-0.39, 0.29) is 5.91 Å². The summed E-state index contributed by atoms with van der Waals surface area (Å²) in [7, 11) is 0. The molecular formula is C14H20N3O2+. The average Bonchev–Trinajstić information content (AvgIpc) is 2.38. The number of benzene rings is 1. The molecule has 0 aliphatic carbocycles. The van der Waals surface area contributed by atoms with Crippen molar-refractivity contribution in [3.63, 3.8) is 0 Å². The Kier molecular flexibility index (Phi) is 4.52. The Morgan fingerprint density at radius 3 is 2.74 bits per heavy atom. The van der Waals surface area contributed by atoms with Crippen LogP contribution in [0.25, 0.3) is 0 Å². The lowest BCUT2D eigenvalue weighted by Crippen LogP contribution is -3.13. The van der Waals surface area contributed by atoms with E-state index in [0.29, 0.717) is 13.1 Å². The van der Waals surface area contributed by atoms with Crippen LogP contribution in [0.2, 0.25) is 0 Å². The maximum absolute atomic E-state index is 11.7. The van der Waals surface area contributed by atoms with Crippen LogP contribution in [0.4, 0.5) is 4.79 Å². The number of imide groups is 1. The van der Waals surface area contributed by atoms with Crippen molar-refractivity contribution in [2.24, 2.45) is 0 Å². The fourth-order valence-electron chi connectivity index (χ4n) is 2.40. The molecule has 3 N–H and O–H groups in total. The van der Waals surface area contributed by atoms with Crippen LogP contribution in [0.5, 0.6) is 0 Å². The lowest BCUT2D eigenvalue weighted by molar-refractivity contribution is -0.908. The van der Waals surface area contributed by atoms with Crippen molar-refractivity contribution >= 4 is 11.9 Å². The van der Waals surface area contributed by atoms with E-state index in [1.54, 1.807) is 0 Å². The third-order valence-electron chi connectivity index (χ3n) is 3.31. The average molecular weight is 262 g/mol. The number of quaternary nitrogens is 1. The molecule has 0 fully saturated rings. The van der Waals surface area contributed by atoms with Crippen molar-refractivity contribution in [3.05, 3.63) is 35.4 Å². The summed E-state index contributed by atoms with van der Waals surface area (Å²) in [6.07, 6.45) is 0.986. The maximum Gasteiger partial charge on any atom is 0.321 e. The number of nitrogens with one attached hydrogen (secondary N) is 3. The molecule has 5 heteroatoms. The molecule has 5 nitrogen and oxygen atoms in total. The molecule has 0 aromatic heterocycles. The minimum Gasteiger partial charge on any atom is -0.338 e. The van der Waals surface area contributed by atoms with Gasteiger partial charge < -0.3 is 10.2 Å². The van der Waals surface area contributed by atoms with Crippen molar-refractivity contribution in [1.82, 2.24) is 10.6 Å². The van der Waals surface area contributed by atoms with E-state index in [4.69, 9.17) is 0 Å². The standard InChI is InChI=1S/C14H19N3O2/c1-2-15-14(19)16-13(18)10-17-8-7-11-5-3-4-6-12(11)9-17/h3-6H,2,7-10H2,1H3,(H2,15,16,18,19)/p+1. The van der Waals surface area contributed by atoms with Gasteiger partial charge in [-0.15, -0.1) is 0 Å². The lowest BCUT2D eigenvalue weighted by atomic mass is 10.00. The molecule has 0 bridgehead atoms. The van der Waals surface area contributed by atoms with Crippen molar-refractivity contribution in [2.45, 2.75) is 19.9 Å². The third kappa shape index (κ3) is 3.79. The fourth-order valence-corrected chi connectivity index (χ4v) is 2.40. The molecule has 2 rings (SSSR count). The van der Waals surface area contributed by atoms with Crippen LogP contribution in [-0.2, 0) is 17.8 Å². The van der Waals surface area contributed by atoms with E-state index in [1.807, 2.05) is 19.1 Å². The number of carbonyl (C=O) groups excluding carboxylic acids is 2. The molecular weight excluding hydrogens is 242 g/mol. The van der Waals surface area contributed by atoms with E-state index in [2.05, 4.69) is 22.8 Å². The second-order valence-electron chi connectivity index (χ2n) is 4.78. The summed E-state index contributed by atoms with van der Waals surface area (Å²) in [6, 6.07) is 7.91. The van der Waals surface area contributed by atoms with Gasteiger partial charge in [-0.2, -0.15) is 0 Å². The zero-order chi connectivity index (χ0) is 13.7. The normalized spacial score (nSPS) is 17.4. The zero-order valence-corrected chi connectivity index (χ0v) is 11.2. The summed E-state index contributed by atoms with van der Waals surface area (Å²) in [5.41, 5.74) is 2.67. The van der Waals surface area contributed by atoms with Crippen molar-refractivity contribution in [1.29, 1.82) is 0 Å². The fraction of sp³-hybridized carbons (Fsp3) is 0.429. The van der Waals surface area contributed by atoms with Gasteiger partial charge in [0.1, 0.15) is 6.54 Å². The Bertz CT molecular complexity index is 474. The van der Waals surface area contributed by atoms with Gasteiger partial charge >= 0.3 is 6.03 Å². The number of urea groups is 1. The minimum absolute atomic E-state index is 0.222. The summed E-state index contributed by atoms with van der Waals surface area (Å²) < 4.78 is 0. The second kappa shape index (κ2) is 6.33. The number of hydrogen-bond donors (Lipinski definition) is 3. The largest absolute Gasteiger partial charge is 0.338 e. The summed E-state index contributed by atoms with van der Waals surface area (Å²) in [5, 5.41) is 4.89. The molecule has 0 radical (unpaired) electrons. The van der Waals surface area contributed by atoms with Gasteiger partial charge in [0.05, 0.1) is 6.54 Å². The molecule has 1 unspecified atom stereocenters. The number of carbonyl (C=O) groups is 2. The Morgan fingerprint density at radius 2 is 2.00 bits per heavy atom. The van der Waals surface area contributed by atoms with Gasteiger partial charge in [0.2, 0.25) is 0 Å². The summed E-state index contributed by atoms with van der Waals surface area (Å²) in [6.45, 7) is 4.45. The predicted molar refractivity (Wildman–Crippen MR) is 71.8 cm³/mol. The summed E-state index contributed by atoms with van der Waals surface area (Å²) >= 11 is 0. The Morgan fingerprint density at radius 1 is 1.26 bits per heavy atom. The van der Waals surface area contributed by atoms with Gasteiger partial charge in [0.25, 0.3) is 5.91 Å². The second-order valence-corrected chi connectivity index (χ2v) is 4.78. The molecule has 0 spiro atoms. The van der Waals surface area contributed by atoms with Crippen LogP contribution in [0.1, 0.15) is 18.1 Å². The first-order chi connectivity index (χ1) is 9.19. The highest BCUT2D eigenvalue weighted by Crippen LogP contribution is 2.10. The first-order valence-electron chi connectivity index (χ1n) is 6.67. The van der Waals surface area contributed by atoms with Gasteiger partial charge in [-0.3, -0.25) is 10.1 Å². The Balaban J connectivity index is 1.85. The topological polar surface area (TPSA) is 62.6 Å². The van der Waals surface area contributed by atoms with Crippen LogP contribution in [-0.4, -0.2) is 31.6 Å². The van der Waals surface area contributed by atoms with Gasteiger partial charge in [-0.1, -0.05) is 24.3 Å². The number of hydrogen-bond acceptors (Lipinski definition) is 2. The van der Waals surface area contributed by atoms with Gasteiger partial charge in [0, 0.05) is 18.5 Å². The van der Waals surface area contributed by atoms with Gasteiger partial charge in [-0.25, -0.2) is 4.79 Å². The van der Waals surface area contributed by atoms with Crippen LogP contribution in [0.3, 0.4) is 0 Å². The predicted octanol–water partition coefficient (Wildman–Crippen LogP) is -0.527. The van der Waals surface area contributed by atoms with Gasteiger partial charge in [0.15, 0.2) is 6.54 Å². The first-order valence-corrected chi connectivity index (χ1v) is 6.67. The Labute approximate surface area is 113 Å². The molecule has 102 valence electrons. The van der Waals surface area contributed by atoms with Crippen molar-refractivity contribution < 1.29 is 14.5 Å². The highest BCUT2D eigenvalue weighted by atomic mass is 16.2. The minimum atomic E-state index is -0.413. The number of fused-ring (bicyclic) bond motifs is 1. The van der Waals surface area contributed by atoms with Crippen LogP contribution >= 0.6 is 0 Å². The van der Waals surface area contributed by atoms with Crippen LogP contribution < -0.4 is 15.5 Å². The van der Waals surface area contributed by atoms with Crippen molar-refractivity contribution in [2.75, 3.05) is 19.6 Å². The molecule has 1 atom stereocenters. The number of rotatable bonds is 3. The third-order valence-corrected chi connectivity index (χ3v) is 3.31. The van der Waals surface area contributed by atoms with E-state index in [1.165, 1.54) is 16.0 Å². The molecule has 1 aliphatic heterocycles. The maximum atomic E-state index is 11.7. The number of amides is 3. The van der Waals surface area contributed by atoms with E-state index < -0.39 is 6.03 Å². The van der Waals surface area contributed by atoms with Crippen LogP contribution in [0, 0.1) is 0 Å². The van der Waals surface area contributed by atoms with E-state index >= 15 is 0 Å². The molecule has 1 aromatic carbocycles. The summed E-state index contributed by atoms with van der Waals surface area (Å²) in [4.78, 5) is 24.2. The molecule has 0 saturated carbocycles. The van der Waals surface area contributed by atoms with Crippen molar-refractivity contribution in [3.8, 4) is 0 Å². The van der Waals surface area contributed by atoms with Crippen LogP contribution in [0.15, 0.2) is 24.3 Å². The first kappa shape index (κ1) is 13.5. The molecule has 1 aromatic rings. The molecule has 0 saturated heterocycles. The SMILES string of the molecule is CCNC(=O)NC(=O)C[NH+]1CCc2ccccc2C1. The molecule has 1 aliphatic rings. The quantitative estimate of drug-likeness (QED) is 0.686. The smallest absolute Gasteiger partial charge is 0.321 e. The molecule has 1 heterocycles. The molecule has 3 amide bonds. The zero-order valence-electron chi connectivity index (χ0n) is 11.2. The highest BCUT2D eigenvalue weighted by molar-refractivity contribution is 5.94. The highest BCUT2D eigenvalue weighted by Gasteiger charge is 2.21.